The quantitative estimate of drug-likeness (QED) is 0.457. The standard InChI is InChI=1S/C18H17N7O2/c1-12(2)17(26)27-9-8-25(3)14-6-4-13(5-7-14)23-24-18-21-15(10-19)16(11-20)22-18/h4-7H,1,8-9H2,2-3H3,(H,21,22). The van der Waals surface area contributed by atoms with Crippen LogP contribution in [0.25, 0.3) is 0 Å². The van der Waals surface area contributed by atoms with E-state index >= 15 is 0 Å². The van der Waals surface area contributed by atoms with Crippen molar-refractivity contribution < 1.29 is 9.53 Å². The van der Waals surface area contributed by atoms with Gasteiger partial charge in [-0.3, -0.25) is 0 Å². The molecule has 136 valence electrons. The number of anilines is 1. The van der Waals surface area contributed by atoms with Gasteiger partial charge in [-0.1, -0.05) is 6.58 Å². The predicted octanol–water partition coefficient (Wildman–Crippen LogP) is 3.12. The molecule has 0 amide bonds. The van der Waals surface area contributed by atoms with Crippen molar-refractivity contribution in [3.8, 4) is 12.1 Å². The summed E-state index contributed by atoms with van der Waals surface area (Å²) in [5.74, 6) is -0.320. The molecule has 1 heterocycles. The Kier molecular flexibility index (Phi) is 6.39. The number of hydrogen-bond donors (Lipinski definition) is 1. The predicted molar refractivity (Wildman–Crippen MR) is 97.7 cm³/mol. The molecule has 1 aromatic carbocycles. The molecule has 0 fully saturated rings. The van der Waals surface area contributed by atoms with Crippen LogP contribution in [0.5, 0.6) is 0 Å². The van der Waals surface area contributed by atoms with E-state index in [-0.39, 0.29) is 23.9 Å². The SMILES string of the molecule is C=C(C)C(=O)OCCN(C)c1ccc(N=Nc2nc(C#N)c(C#N)[nH]2)cc1. The maximum Gasteiger partial charge on any atom is 0.333 e. The molecule has 0 aliphatic rings. The lowest BCUT2D eigenvalue weighted by Crippen LogP contribution is -2.23. The Morgan fingerprint density at radius 1 is 1.30 bits per heavy atom. The first kappa shape index (κ1) is 19.3. The molecule has 1 aromatic heterocycles. The first-order chi connectivity index (χ1) is 12.9. The number of H-pyrrole nitrogens is 1. The van der Waals surface area contributed by atoms with Crippen molar-refractivity contribution >= 4 is 23.3 Å². The highest BCUT2D eigenvalue weighted by atomic mass is 16.5. The highest BCUT2D eigenvalue weighted by molar-refractivity contribution is 5.86. The fourth-order valence-electron chi connectivity index (χ4n) is 1.98. The van der Waals surface area contributed by atoms with Gasteiger partial charge in [-0.2, -0.15) is 15.5 Å². The van der Waals surface area contributed by atoms with E-state index in [0.717, 1.165) is 5.69 Å². The van der Waals surface area contributed by atoms with Crippen LogP contribution in [0.15, 0.2) is 46.6 Å². The van der Waals surface area contributed by atoms with Crippen molar-refractivity contribution in [1.82, 2.24) is 9.97 Å². The monoisotopic (exact) mass is 363 g/mol. The van der Waals surface area contributed by atoms with E-state index in [4.69, 9.17) is 15.3 Å². The number of nitrogens with one attached hydrogen (secondary N) is 1. The van der Waals surface area contributed by atoms with Crippen molar-refractivity contribution in [2.45, 2.75) is 6.92 Å². The maximum absolute atomic E-state index is 11.3. The van der Waals surface area contributed by atoms with E-state index in [1.807, 2.05) is 30.1 Å². The van der Waals surface area contributed by atoms with Crippen LogP contribution in [0.2, 0.25) is 0 Å². The molecule has 1 N–H and O–H groups in total. The smallest absolute Gasteiger partial charge is 0.333 e. The molecule has 0 bridgehead atoms. The van der Waals surface area contributed by atoms with Gasteiger partial charge in [-0.15, -0.1) is 10.2 Å². The third-order valence-electron chi connectivity index (χ3n) is 3.47. The Hall–Kier alpha value is -3.98. The number of aromatic amines is 1. The van der Waals surface area contributed by atoms with Gasteiger partial charge in [0.25, 0.3) is 0 Å². The molecule has 0 spiro atoms. The summed E-state index contributed by atoms with van der Waals surface area (Å²) in [6.45, 7) is 5.91. The fourth-order valence-corrected chi connectivity index (χ4v) is 1.98. The summed E-state index contributed by atoms with van der Waals surface area (Å²) >= 11 is 0. The van der Waals surface area contributed by atoms with Gasteiger partial charge >= 0.3 is 5.97 Å². The lowest BCUT2D eigenvalue weighted by molar-refractivity contribution is -0.138. The van der Waals surface area contributed by atoms with Crippen molar-refractivity contribution in [1.29, 1.82) is 10.5 Å². The largest absolute Gasteiger partial charge is 0.460 e. The first-order valence-corrected chi connectivity index (χ1v) is 7.90. The van der Waals surface area contributed by atoms with E-state index in [1.165, 1.54) is 0 Å². The number of esters is 1. The minimum atomic E-state index is -0.406. The molecule has 0 saturated carbocycles. The summed E-state index contributed by atoms with van der Waals surface area (Å²) in [6, 6.07) is 10.8. The van der Waals surface area contributed by atoms with Crippen LogP contribution in [0, 0.1) is 22.7 Å². The van der Waals surface area contributed by atoms with Gasteiger partial charge in [-0.05, 0) is 31.2 Å². The molecule has 0 saturated heterocycles. The van der Waals surface area contributed by atoms with Crippen LogP contribution in [-0.2, 0) is 9.53 Å². The van der Waals surface area contributed by atoms with Crippen molar-refractivity contribution in [3.63, 3.8) is 0 Å². The van der Waals surface area contributed by atoms with Gasteiger partial charge in [0.05, 0.1) is 12.2 Å². The Bertz CT molecular complexity index is 914. The second kappa shape index (κ2) is 8.92. The molecule has 0 radical (unpaired) electrons. The van der Waals surface area contributed by atoms with Gasteiger partial charge in [0.1, 0.15) is 18.7 Å². The lowest BCUT2D eigenvalue weighted by Gasteiger charge is -2.19. The van der Waals surface area contributed by atoms with E-state index in [9.17, 15) is 4.79 Å². The normalized spacial score (nSPS) is 10.2. The van der Waals surface area contributed by atoms with Gasteiger partial charge in [0.15, 0.2) is 11.4 Å². The Morgan fingerprint density at radius 3 is 2.56 bits per heavy atom. The minimum absolute atomic E-state index is 0.0178. The van der Waals surface area contributed by atoms with E-state index in [1.54, 1.807) is 25.1 Å². The minimum Gasteiger partial charge on any atom is -0.460 e. The van der Waals surface area contributed by atoms with Gasteiger partial charge < -0.3 is 14.6 Å². The summed E-state index contributed by atoms with van der Waals surface area (Å²) in [4.78, 5) is 19.8. The van der Waals surface area contributed by atoms with E-state index < -0.39 is 5.97 Å². The number of hydrogen-bond acceptors (Lipinski definition) is 8. The number of aromatic nitrogens is 2. The molecule has 0 atom stereocenters. The molecule has 0 aliphatic carbocycles. The van der Waals surface area contributed by atoms with Crippen LogP contribution in [0.1, 0.15) is 18.3 Å². The van der Waals surface area contributed by atoms with Crippen LogP contribution in [0.4, 0.5) is 17.3 Å². The van der Waals surface area contributed by atoms with Crippen molar-refractivity contribution in [2.75, 3.05) is 25.1 Å². The Balaban J connectivity index is 1.95. The van der Waals surface area contributed by atoms with E-state index in [0.29, 0.717) is 17.8 Å². The Morgan fingerprint density at radius 2 is 2.00 bits per heavy atom. The van der Waals surface area contributed by atoms with E-state index in [2.05, 4.69) is 26.8 Å². The molecule has 2 aromatic rings. The highest BCUT2D eigenvalue weighted by Gasteiger charge is 2.08. The van der Waals surface area contributed by atoms with Gasteiger partial charge in [0.2, 0.25) is 5.95 Å². The number of ether oxygens (including phenoxy) is 1. The zero-order valence-electron chi connectivity index (χ0n) is 14.9. The Labute approximate surface area is 156 Å². The van der Waals surface area contributed by atoms with Crippen LogP contribution >= 0.6 is 0 Å². The topological polar surface area (TPSA) is 131 Å². The molecule has 27 heavy (non-hydrogen) atoms. The summed E-state index contributed by atoms with van der Waals surface area (Å²) in [5, 5.41) is 25.6. The number of azo groups is 1. The molecule has 2 rings (SSSR count). The van der Waals surface area contributed by atoms with Gasteiger partial charge in [-0.25, -0.2) is 4.79 Å². The number of nitriles is 2. The average Bonchev–Trinajstić information content (AvgIpc) is 3.08. The lowest BCUT2D eigenvalue weighted by atomic mass is 10.2. The van der Waals surface area contributed by atoms with Crippen molar-refractivity contribution in [2.24, 2.45) is 10.2 Å². The van der Waals surface area contributed by atoms with Crippen LogP contribution in [0.3, 0.4) is 0 Å². The molecule has 9 nitrogen and oxygen atoms in total. The summed E-state index contributed by atoms with van der Waals surface area (Å²) in [7, 11) is 1.88. The summed E-state index contributed by atoms with van der Waals surface area (Å²) < 4.78 is 5.07. The maximum atomic E-state index is 11.3. The number of nitrogens with zero attached hydrogens (tertiary/aromatic N) is 6. The zero-order chi connectivity index (χ0) is 19.8. The summed E-state index contributed by atoms with van der Waals surface area (Å²) in [6.07, 6.45) is 0. The second-order valence-electron chi connectivity index (χ2n) is 5.56. The number of imidazole rings is 1. The first-order valence-electron chi connectivity index (χ1n) is 7.90. The number of likely N-dealkylation sites (N-methyl/N-ethyl adjacent to an activating group) is 1. The molecule has 9 heteroatoms. The molecular weight excluding hydrogens is 346 g/mol. The van der Waals surface area contributed by atoms with Gasteiger partial charge in [0, 0.05) is 18.3 Å². The third-order valence-corrected chi connectivity index (χ3v) is 3.47. The van der Waals surface area contributed by atoms with Crippen LogP contribution < -0.4 is 4.90 Å². The average molecular weight is 363 g/mol. The summed E-state index contributed by atoms with van der Waals surface area (Å²) in [5.41, 5.74) is 1.89. The molecule has 0 unspecified atom stereocenters. The number of carbonyl (C=O) groups is 1. The number of benzene rings is 1. The zero-order valence-corrected chi connectivity index (χ0v) is 14.9. The highest BCUT2D eigenvalue weighted by Crippen LogP contribution is 2.21. The van der Waals surface area contributed by atoms with Crippen LogP contribution in [-0.4, -0.2) is 36.1 Å². The van der Waals surface area contributed by atoms with Crippen molar-refractivity contribution in [3.05, 3.63) is 47.8 Å². The fraction of sp³-hybridized carbons (Fsp3) is 0.222. The molecular formula is C18H17N7O2. The molecule has 0 aliphatic heterocycles. The number of rotatable bonds is 7. The third kappa shape index (κ3) is 5.25. The second-order valence-corrected chi connectivity index (χ2v) is 5.56. The number of carbonyl (C=O) groups excluding carboxylic acids is 1.